The molecule has 1 heterocycles. The lowest BCUT2D eigenvalue weighted by Gasteiger charge is -2.02. The van der Waals surface area contributed by atoms with Gasteiger partial charge in [0.05, 0.1) is 5.69 Å². The van der Waals surface area contributed by atoms with Crippen LogP contribution in [0.15, 0.2) is 72.9 Å². The van der Waals surface area contributed by atoms with Gasteiger partial charge in [-0.05, 0) is 24.3 Å². The fraction of sp³-hybridized carbons (Fsp3) is 0. The summed E-state index contributed by atoms with van der Waals surface area (Å²) in [5, 5.41) is 7.74. The largest absolute Gasteiger partial charge is 0.339 e. The van der Waals surface area contributed by atoms with E-state index in [1.54, 1.807) is 0 Å². The van der Waals surface area contributed by atoms with Gasteiger partial charge in [-0.3, -0.25) is 0 Å². The van der Waals surface area contributed by atoms with Crippen LogP contribution in [0.1, 0.15) is 0 Å². The molecule has 0 atom stereocenters. The van der Waals surface area contributed by atoms with Crippen molar-refractivity contribution in [2.75, 3.05) is 5.32 Å². The van der Waals surface area contributed by atoms with Gasteiger partial charge in [0.15, 0.2) is 5.82 Å². The predicted octanol–water partition coefficient (Wildman–Crippen LogP) is 3.62. The molecule has 1 aromatic heterocycles. The third kappa shape index (κ3) is 2.25. The van der Waals surface area contributed by atoms with E-state index < -0.39 is 0 Å². The van der Waals surface area contributed by atoms with Gasteiger partial charge in [0.2, 0.25) is 0 Å². The smallest absolute Gasteiger partial charge is 0.152 e. The van der Waals surface area contributed by atoms with Crippen LogP contribution in [0.25, 0.3) is 5.69 Å². The van der Waals surface area contributed by atoms with Crippen LogP contribution in [0.2, 0.25) is 0 Å². The van der Waals surface area contributed by atoms with Crippen molar-refractivity contribution in [2.24, 2.45) is 0 Å². The van der Waals surface area contributed by atoms with E-state index in [9.17, 15) is 0 Å². The maximum Gasteiger partial charge on any atom is 0.152 e. The van der Waals surface area contributed by atoms with Crippen molar-refractivity contribution in [2.45, 2.75) is 0 Å². The zero-order valence-electron chi connectivity index (χ0n) is 9.82. The molecular weight excluding hydrogens is 222 g/mol. The maximum atomic E-state index is 4.48. The predicted molar refractivity (Wildman–Crippen MR) is 73.3 cm³/mol. The minimum Gasteiger partial charge on any atom is -0.339 e. The molecule has 0 radical (unpaired) electrons. The fourth-order valence-corrected chi connectivity index (χ4v) is 1.78. The first-order valence-corrected chi connectivity index (χ1v) is 5.85. The van der Waals surface area contributed by atoms with Crippen LogP contribution in [-0.2, 0) is 0 Å². The Morgan fingerprint density at radius 2 is 1.44 bits per heavy atom. The van der Waals surface area contributed by atoms with Crippen molar-refractivity contribution in [3.8, 4) is 5.69 Å². The molecule has 1 N–H and O–H groups in total. The van der Waals surface area contributed by atoms with E-state index in [0.717, 1.165) is 17.2 Å². The summed E-state index contributed by atoms with van der Waals surface area (Å²) >= 11 is 0. The van der Waals surface area contributed by atoms with Crippen molar-refractivity contribution in [1.29, 1.82) is 0 Å². The Morgan fingerprint density at radius 1 is 0.778 bits per heavy atom. The zero-order chi connectivity index (χ0) is 12.2. The molecular formula is C15H13N3. The Bertz CT molecular complexity index is 615. The number of benzene rings is 2. The van der Waals surface area contributed by atoms with Crippen molar-refractivity contribution in [3.63, 3.8) is 0 Å². The molecule has 2 aromatic carbocycles. The molecule has 0 bridgehead atoms. The van der Waals surface area contributed by atoms with Crippen LogP contribution < -0.4 is 5.32 Å². The van der Waals surface area contributed by atoms with E-state index >= 15 is 0 Å². The van der Waals surface area contributed by atoms with Gasteiger partial charge in [0, 0.05) is 18.0 Å². The maximum absolute atomic E-state index is 4.48. The van der Waals surface area contributed by atoms with Gasteiger partial charge in [-0.2, -0.15) is 5.10 Å². The van der Waals surface area contributed by atoms with Crippen LogP contribution in [0.4, 0.5) is 11.5 Å². The topological polar surface area (TPSA) is 29.9 Å². The van der Waals surface area contributed by atoms with Crippen molar-refractivity contribution < 1.29 is 0 Å². The highest BCUT2D eigenvalue weighted by Gasteiger charge is 2.00. The first-order chi connectivity index (χ1) is 8.92. The minimum atomic E-state index is 0.838. The lowest BCUT2D eigenvalue weighted by atomic mass is 10.3. The quantitative estimate of drug-likeness (QED) is 0.751. The number of hydrogen-bond acceptors (Lipinski definition) is 2. The second-order valence-electron chi connectivity index (χ2n) is 3.97. The van der Waals surface area contributed by atoms with Gasteiger partial charge in [0.25, 0.3) is 0 Å². The molecule has 0 spiro atoms. The van der Waals surface area contributed by atoms with Crippen LogP contribution >= 0.6 is 0 Å². The SMILES string of the molecule is c1ccc(Nc2ccn(-c3ccccc3)n2)cc1. The number of para-hydroxylation sites is 2. The average molecular weight is 235 g/mol. The Morgan fingerprint density at radius 3 is 2.17 bits per heavy atom. The minimum absolute atomic E-state index is 0.838. The summed E-state index contributed by atoms with van der Waals surface area (Å²) < 4.78 is 1.85. The van der Waals surface area contributed by atoms with Crippen LogP contribution in [0.5, 0.6) is 0 Å². The van der Waals surface area contributed by atoms with Crippen molar-refractivity contribution >= 4 is 11.5 Å². The number of anilines is 2. The highest BCUT2D eigenvalue weighted by Crippen LogP contribution is 2.15. The number of nitrogens with zero attached hydrogens (tertiary/aromatic N) is 2. The van der Waals surface area contributed by atoms with Crippen molar-refractivity contribution in [1.82, 2.24) is 9.78 Å². The van der Waals surface area contributed by atoms with Gasteiger partial charge in [0.1, 0.15) is 0 Å². The highest BCUT2D eigenvalue weighted by molar-refractivity contribution is 5.55. The summed E-state index contributed by atoms with van der Waals surface area (Å²) in [5.74, 6) is 0.838. The Kier molecular flexibility index (Phi) is 2.80. The summed E-state index contributed by atoms with van der Waals surface area (Å²) in [7, 11) is 0. The monoisotopic (exact) mass is 235 g/mol. The number of nitrogens with one attached hydrogen (secondary N) is 1. The molecule has 0 aliphatic rings. The third-order valence-electron chi connectivity index (χ3n) is 2.66. The Labute approximate surface area is 106 Å². The normalized spacial score (nSPS) is 10.2. The summed E-state index contributed by atoms with van der Waals surface area (Å²) in [4.78, 5) is 0. The third-order valence-corrected chi connectivity index (χ3v) is 2.66. The molecule has 0 fully saturated rings. The van der Waals surface area contributed by atoms with Crippen molar-refractivity contribution in [3.05, 3.63) is 72.9 Å². The molecule has 0 aliphatic carbocycles. The Hall–Kier alpha value is -2.55. The molecule has 0 saturated heterocycles. The lowest BCUT2D eigenvalue weighted by molar-refractivity contribution is 0.884. The van der Waals surface area contributed by atoms with Crippen LogP contribution in [-0.4, -0.2) is 9.78 Å². The Balaban J connectivity index is 1.82. The summed E-state index contributed by atoms with van der Waals surface area (Å²) in [5.41, 5.74) is 2.09. The first-order valence-electron chi connectivity index (χ1n) is 5.85. The highest BCUT2D eigenvalue weighted by atomic mass is 15.3. The van der Waals surface area contributed by atoms with Gasteiger partial charge in [-0.25, -0.2) is 4.68 Å². The van der Waals surface area contributed by atoms with E-state index in [1.807, 2.05) is 77.6 Å². The number of hydrogen-bond donors (Lipinski definition) is 1. The molecule has 88 valence electrons. The van der Waals surface area contributed by atoms with E-state index in [-0.39, 0.29) is 0 Å². The van der Waals surface area contributed by atoms with E-state index in [1.165, 1.54) is 0 Å². The summed E-state index contributed by atoms with van der Waals surface area (Å²) in [6.45, 7) is 0. The first kappa shape index (κ1) is 10.6. The molecule has 0 amide bonds. The molecule has 3 heteroatoms. The molecule has 3 aromatic rings. The zero-order valence-corrected chi connectivity index (χ0v) is 9.82. The van der Waals surface area contributed by atoms with E-state index in [2.05, 4.69) is 10.4 Å². The van der Waals surface area contributed by atoms with E-state index in [0.29, 0.717) is 0 Å². The van der Waals surface area contributed by atoms with Crippen LogP contribution in [0, 0.1) is 0 Å². The van der Waals surface area contributed by atoms with Gasteiger partial charge in [-0.15, -0.1) is 0 Å². The standard InChI is InChI=1S/C15H13N3/c1-3-7-13(8-4-1)16-15-11-12-18(17-15)14-9-5-2-6-10-14/h1-12H,(H,16,17). The number of rotatable bonds is 3. The number of aromatic nitrogens is 2. The molecule has 18 heavy (non-hydrogen) atoms. The van der Waals surface area contributed by atoms with E-state index in [4.69, 9.17) is 0 Å². The summed E-state index contributed by atoms with van der Waals surface area (Å²) in [6.07, 6.45) is 1.95. The van der Waals surface area contributed by atoms with Crippen LogP contribution in [0.3, 0.4) is 0 Å². The molecule has 3 nitrogen and oxygen atoms in total. The molecule has 0 aliphatic heterocycles. The second-order valence-corrected chi connectivity index (χ2v) is 3.97. The lowest BCUT2D eigenvalue weighted by Crippen LogP contribution is -1.96. The molecule has 3 rings (SSSR count). The summed E-state index contributed by atoms with van der Waals surface area (Å²) in [6, 6.07) is 22.0. The molecule has 0 saturated carbocycles. The van der Waals surface area contributed by atoms with Gasteiger partial charge < -0.3 is 5.32 Å². The van der Waals surface area contributed by atoms with Gasteiger partial charge >= 0.3 is 0 Å². The van der Waals surface area contributed by atoms with Gasteiger partial charge in [-0.1, -0.05) is 36.4 Å². The second kappa shape index (κ2) is 4.75. The fourth-order valence-electron chi connectivity index (χ4n) is 1.78. The average Bonchev–Trinajstić information content (AvgIpc) is 2.89. The molecule has 0 unspecified atom stereocenters.